The van der Waals surface area contributed by atoms with Crippen LogP contribution in [0.25, 0.3) is 0 Å². The van der Waals surface area contributed by atoms with Gasteiger partial charge in [0.05, 0.1) is 6.10 Å². The van der Waals surface area contributed by atoms with Crippen molar-refractivity contribution < 1.29 is 9.84 Å². The van der Waals surface area contributed by atoms with E-state index in [9.17, 15) is 5.11 Å². The van der Waals surface area contributed by atoms with E-state index in [-0.39, 0.29) is 12.2 Å². The Labute approximate surface area is 115 Å². The zero-order valence-corrected chi connectivity index (χ0v) is 11.6. The third-order valence-corrected chi connectivity index (χ3v) is 4.52. The molecule has 3 unspecified atom stereocenters. The van der Waals surface area contributed by atoms with Crippen LogP contribution in [0.3, 0.4) is 0 Å². The van der Waals surface area contributed by atoms with Crippen molar-refractivity contribution in [3.63, 3.8) is 0 Å². The fraction of sp³-hybridized carbons (Fsp3) is 0.625. The van der Waals surface area contributed by atoms with Gasteiger partial charge in [-0.3, -0.25) is 0 Å². The third kappa shape index (κ3) is 2.49. The fourth-order valence-corrected chi connectivity index (χ4v) is 3.41. The summed E-state index contributed by atoms with van der Waals surface area (Å²) >= 11 is 0. The van der Waals surface area contributed by atoms with Crippen molar-refractivity contribution in [1.82, 2.24) is 5.32 Å². The summed E-state index contributed by atoms with van der Waals surface area (Å²) in [6.07, 6.45) is 6.02. The quantitative estimate of drug-likeness (QED) is 0.878. The molecule has 0 heterocycles. The van der Waals surface area contributed by atoms with E-state index in [1.54, 1.807) is 0 Å². The van der Waals surface area contributed by atoms with Crippen molar-refractivity contribution in [3.8, 4) is 5.75 Å². The summed E-state index contributed by atoms with van der Waals surface area (Å²) in [5, 5.41) is 13.4. The van der Waals surface area contributed by atoms with Crippen LogP contribution in [0.5, 0.6) is 5.75 Å². The maximum absolute atomic E-state index is 10.0. The number of nitrogens with one attached hydrogen (secondary N) is 1. The van der Waals surface area contributed by atoms with Gasteiger partial charge in [-0.1, -0.05) is 18.6 Å². The van der Waals surface area contributed by atoms with Gasteiger partial charge in [0.25, 0.3) is 0 Å². The Morgan fingerprint density at radius 2 is 2.05 bits per heavy atom. The minimum atomic E-state index is -0.300. The minimum absolute atomic E-state index is 0.0196. The molecule has 3 atom stereocenters. The third-order valence-electron chi connectivity index (χ3n) is 4.52. The molecule has 1 fully saturated rings. The van der Waals surface area contributed by atoms with Crippen LogP contribution in [0.15, 0.2) is 18.2 Å². The molecule has 3 heteroatoms. The highest BCUT2D eigenvalue weighted by Gasteiger charge is 2.28. The second kappa shape index (κ2) is 5.51. The summed E-state index contributed by atoms with van der Waals surface area (Å²) in [6, 6.07) is 6.76. The molecule has 2 N–H and O–H groups in total. The van der Waals surface area contributed by atoms with Crippen LogP contribution in [-0.4, -0.2) is 24.4 Å². The van der Waals surface area contributed by atoms with Gasteiger partial charge in [-0.15, -0.1) is 0 Å². The van der Waals surface area contributed by atoms with Gasteiger partial charge in [-0.05, 0) is 56.3 Å². The van der Waals surface area contributed by atoms with Crippen LogP contribution in [-0.2, 0) is 6.42 Å². The molecule has 2 aliphatic rings. The molecule has 2 aliphatic carbocycles. The Hall–Kier alpha value is -1.06. The number of rotatable bonds is 3. The van der Waals surface area contributed by atoms with Gasteiger partial charge >= 0.3 is 0 Å². The molecule has 104 valence electrons. The predicted octanol–water partition coefficient (Wildman–Crippen LogP) is 2.58. The van der Waals surface area contributed by atoms with Gasteiger partial charge < -0.3 is 15.2 Å². The zero-order valence-electron chi connectivity index (χ0n) is 11.6. The summed E-state index contributed by atoms with van der Waals surface area (Å²) in [5.41, 5.74) is 2.70. The van der Waals surface area contributed by atoms with Gasteiger partial charge in [0.15, 0.2) is 0 Å². The van der Waals surface area contributed by atoms with E-state index in [4.69, 9.17) is 4.74 Å². The van der Waals surface area contributed by atoms with Crippen LogP contribution in [0.4, 0.5) is 0 Å². The largest absolute Gasteiger partial charge is 0.487 e. The number of fused-ring (bicyclic) bond motifs is 1. The van der Waals surface area contributed by atoms with Crippen LogP contribution in [0.1, 0.15) is 49.3 Å². The summed E-state index contributed by atoms with van der Waals surface area (Å²) in [4.78, 5) is 0. The SMILES string of the molecule is CNC1CCc2c(OC3CCCCC3O)cccc21. The first kappa shape index (κ1) is 12.9. The average Bonchev–Trinajstić information content (AvgIpc) is 2.85. The van der Waals surface area contributed by atoms with E-state index in [1.807, 2.05) is 7.05 Å². The number of hydrogen-bond donors (Lipinski definition) is 2. The first-order valence-electron chi connectivity index (χ1n) is 7.43. The summed E-state index contributed by atoms with van der Waals surface area (Å²) in [7, 11) is 2.01. The molecule has 19 heavy (non-hydrogen) atoms. The molecule has 0 bridgehead atoms. The molecule has 0 saturated heterocycles. The Bertz CT molecular complexity index is 446. The number of ether oxygens (including phenoxy) is 1. The van der Waals surface area contributed by atoms with Crippen molar-refractivity contribution in [2.45, 2.75) is 56.8 Å². The second-order valence-corrected chi connectivity index (χ2v) is 5.71. The van der Waals surface area contributed by atoms with E-state index < -0.39 is 0 Å². The molecule has 1 aromatic carbocycles. The lowest BCUT2D eigenvalue weighted by atomic mass is 9.94. The molecule has 0 aliphatic heterocycles. The minimum Gasteiger partial charge on any atom is -0.487 e. The smallest absolute Gasteiger partial charge is 0.124 e. The average molecular weight is 261 g/mol. The Kier molecular flexibility index (Phi) is 3.76. The van der Waals surface area contributed by atoms with Gasteiger partial charge in [0.1, 0.15) is 11.9 Å². The normalized spacial score (nSPS) is 30.1. The van der Waals surface area contributed by atoms with Crippen molar-refractivity contribution >= 4 is 0 Å². The van der Waals surface area contributed by atoms with Gasteiger partial charge in [0, 0.05) is 6.04 Å². The van der Waals surface area contributed by atoms with Crippen molar-refractivity contribution in [1.29, 1.82) is 0 Å². The van der Waals surface area contributed by atoms with Crippen LogP contribution < -0.4 is 10.1 Å². The molecule has 3 rings (SSSR count). The first-order chi connectivity index (χ1) is 9.29. The standard InChI is InChI=1S/C16H23NO2/c1-17-13-10-9-12-11(13)5-4-8-15(12)19-16-7-3-2-6-14(16)18/h4-5,8,13-14,16-18H,2-3,6-7,9-10H2,1H3. The maximum Gasteiger partial charge on any atom is 0.124 e. The number of aliphatic hydroxyl groups excluding tert-OH is 1. The van der Waals surface area contributed by atoms with Crippen molar-refractivity contribution in [3.05, 3.63) is 29.3 Å². The van der Waals surface area contributed by atoms with Gasteiger partial charge in [-0.25, -0.2) is 0 Å². The van der Waals surface area contributed by atoms with Crippen LogP contribution >= 0.6 is 0 Å². The predicted molar refractivity (Wildman–Crippen MR) is 75.5 cm³/mol. The van der Waals surface area contributed by atoms with Crippen LogP contribution in [0.2, 0.25) is 0 Å². The fourth-order valence-electron chi connectivity index (χ4n) is 3.41. The van der Waals surface area contributed by atoms with E-state index in [2.05, 4.69) is 23.5 Å². The maximum atomic E-state index is 10.0. The van der Waals surface area contributed by atoms with E-state index >= 15 is 0 Å². The second-order valence-electron chi connectivity index (χ2n) is 5.71. The Morgan fingerprint density at radius 3 is 2.84 bits per heavy atom. The highest BCUT2D eigenvalue weighted by atomic mass is 16.5. The highest BCUT2D eigenvalue weighted by Crippen LogP contribution is 2.38. The summed E-state index contributed by atoms with van der Waals surface area (Å²) in [6.45, 7) is 0. The summed E-state index contributed by atoms with van der Waals surface area (Å²) in [5.74, 6) is 0.987. The summed E-state index contributed by atoms with van der Waals surface area (Å²) < 4.78 is 6.13. The lowest BCUT2D eigenvalue weighted by Crippen LogP contribution is -2.34. The molecule has 0 spiro atoms. The number of hydrogen-bond acceptors (Lipinski definition) is 3. The highest BCUT2D eigenvalue weighted by molar-refractivity contribution is 5.45. The Balaban J connectivity index is 1.80. The van der Waals surface area contributed by atoms with Crippen molar-refractivity contribution in [2.24, 2.45) is 0 Å². The Morgan fingerprint density at radius 1 is 1.21 bits per heavy atom. The molecule has 1 saturated carbocycles. The lowest BCUT2D eigenvalue weighted by molar-refractivity contribution is 0.00644. The molecule has 0 amide bonds. The topological polar surface area (TPSA) is 41.5 Å². The number of benzene rings is 1. The molecule has 3 nitrogen and oxygen atoms in total. The lowest BCUT2D eigenvalue weighted by Gasteiger charge is -2.29. The zero-order chi connectivity index (χ0) is 13.2. The molecular formula is C16H23NO2. The molecular weight excluding hydrogens is 238 g/mol. The molecule has 0 aromatic heterocycles. The van der Waals surface area contributed by atoms with E-state index in [0.29, 0.717) is 6.04 Å². The number of aliphatic hydroxyl groups is 1. The molecule has 1 aromatic rings. The van der Waals surface area contributed by atoms with Gasteiger partial charge in [-0.2, -0.15) is 0 Å². The van der Waals surface area contributed by atoms with E-state index in [0.717, 1.165) is 44.3 Å². The first-order valence-corrected chi connectivity index (χ1v) is 7.43. The van der Waals surface area contributed by atoms with Gasteiger partial charge in [0.2, 0.25) is 0 Å². The van der Waals surface area contributed by atoms with E-state index in [1.165, 1.54) is 11.1 Å². The monoisotopic (exact) mass is 261 g/mol. The van der Waals surface area contributed by atoms with Crippen LogP contribution in [0, 0.1) is 0 Å². The van der Waals surface area contributed by atoms with Crippen molar-refractivity contribution in [2.75, 3.05) is 7.05 Å². The molecule has 0 radical (unpaired) electrons.